The number of hydrogen-bond acceptors (Lipinski definition) is 10. The average Bonchev–Trinajstić information content (AvgIpc) is 3.64. The molecule has 42 heavy (non-hydrogen) atoms. The Bertz CT molecular complexity index is 1910. The maximum absolute atomic E-state index is 6.29. The van der Waals surface area contributed by atoms with E-state index in [0.29, 0.717) is 37.0 Å². The van der Waals surface area contributed by atoms with Crippen molar-refractivity contribution in [2.75, 3.05) is 36.9 Å². The van der Waals surface area contributed by atoms with Crippen LogP contribution in [0.5, 0.6) is 5.75 Å². The van der Waals surface area contributed by atoms with Crippen molar-refractivity contribution in [2.24, 2.45) is 7.05 Å². The van der Waals surface area contributed by atoms with Gasteiger partial charge in [0, 0.05) is 61.6 Å². The summed E-state index contributed by atoms with van der Waals surface area (Å²) in [7, 11) is 1.88. The summed E-state index contributed by atoms with van der Waals surface area (Å²) in [6, 6.07) is 8.06. The second kappa shape index (κ2) is 10.7. The Hall–Kier alpha value is -5.10. The summed E-state index contributed by atoms with van der Waals surface area (Å²) in [6.07, 6.45) is 11.5. The molecule has 0 saturated carbocycles. The molecule has 1 saturated heterocycles. The SMILES string of the molecule is CCc1cc(N2CCOCC2)c2ncc(OCc3cncc(-n4cc(-c5ccn(C)n5)c5c(N)ncnc54)c3)cc2n1. The van der Waals surface area contributed by atoms with E-state index in [-0.39, 0.29) is 0 Å². The monoisotopic (exact) mass is 562 g/mol. The van der Waals surface area contributed by atoms with Crippen molar-refractivity contribution in [1.82, 2.24) is 39.3 Å². The van der Waals surface area contributed by atoms with Crippen LogP contribution in [0.2, 0.25) is 0 Å². The molecule has 6 aromatic rings. The van der Waals surface area contributed by atoms with Crippen molar-refractivity contribution in [3.8, 4) is 22.7 Å². The van der Waals surface area contributed by atoms with Gasteiger partial charge in [-0.05, 0) is 24.6 Å². The first-order chi connectivity index (χ1) is 20.6. The van der Waals surface area contributed by atoms with Crippen LogP contribution in [0.4, 0.5) is 11.5 Å². The zero-order chi connectivity index (χ0) is 28.6. The van der Waals surface area contributed by atoms with Crippen LogP contribution in [-0.2, 0) is 24.8 Å². The summed E-state index contributed by atoms with van der Waals surface area (Å²) in [6.45, 7) is 5.51. The minimum absolute atomic E-state index is 0.307. The van der Waals surface area contributed by atoms with Gasteiger partial charge in [0.1, 0.15) is 30.0 Å². The fourth-order valence-electron chi connectivity index (χ4n) is 5.32. The van der Waals surface area contributed by atoms with E-state index in [4.69, 9.17) is 25.2 Å². The number of aromatic nitrogens is 8. The number of nitrogens with zero attached hydrogens (tertiary/aromatic N) is 9. The second-order valence-corrected chi connectivity index (χ2v) is 10.2. The molecule has 12 nitrogen and oxygen atoms in total. The summed E-state index contributed by atoms with van der Waals surface area (Å²) in [5, 5.41) is 5.31. The highest BCUT2D eigenvalue weighted by atomic mass is 16.5. The average molecular weight is 563 g/mol. The first-order valence-electron chi connectivity index (χ1n) is 13.9. The summed E-state index contributed by atoms with van der Waals surface area (Å²) in [5.41, 5.74) is 14.1. The summed E-state index contributed by atoms with van der Waals surface area (Å²) < 4.78 is 15.4. The van der Waals surface area contributed by atoms with Crippen molar-refractivity contribution in [2.45, 2.75) is 20.0 Å². The molecule has 0 bridgehead atoms. The lowest BCUT2D eigenvalue weighted by Gasteiger charge is -2.29. The molecule has 1 aliphatic heterocycles. The third-order valence-electron chi connectivity index (χ3n) is 7.43. The molecular weight excluding hydrogens is 532 g/mol. The Balaban J connectivity index is 1.18. The van der Waals surface area contributed by atoms with Gasteiger partial charge in [-0.3, -0.25) is 19.2 Å². The van der Waals surface area contributed by atoms with Crippen LogP contribution in [0.3, 0.4) is 0 Å². The molecule has 212 valence electrons. The van der Waals surface area contributed by atoms with Crippen LogP contribution >= 0.6 is 0 Å². The van der Waals surface area contributed by atoms with Crippen LogP contribution in [0.1, 0.15) is 18.2 Å². The number of hydrogen-bond donors (Lipinski definition) is 1. The maximum Gasteiger partial charge on any atom is 0.150 e. The first-order valence-corrected chi connectivity index (χ1v) is 13.9. The molecule has 12 heteroatoms. The van der Waals surface area contributed by atoms with Gasteiger partial charge in [-0.15, -0.1) is 0 Å². The van der Waals surface area contributed by atoms with Gasteiger partial charge in [0.25, 0.3) is 0 Å². The Morgan fingerprint density at radius 3 is 2.74 bits per heavy atom. The van der Waals surface area contributed by atoms with Crippen molar-refractivity contribution in [3.63, 3.8) is 0 Å². The number of fused-ring (bicyclic) bond motifs is 2. The van der Waals surface area contributed by atoms with Crippen LogP contribution in [0.15, 0.2) is 61.6 Å². The Kier molecular flexibility index (Phi) is 6.59. The van der Waals surface area contributed by atoms with E-state index in [9.17, 15) is 0 Å². The molecule has 7 rings (SSSR count). The molecule has 0 amide bonds. The lowest BCUT2D eigenvalue weighted by Crippen LogP contribution is -2.36. The number of pyridine rings is 3. The molecule has 6 aromatic heterocycles. The van der Waals surface area contributed by atoms with Gasteiger partial charge in [-0.2, -0.15) is 5.10 Å². The minimum atomic E-state index is 0.307. The second-order valence-electron chi connectivity index (χ2n) is 10.2. The fourth-order valence-corrected chi connectivity index (χ4v) is 5.32. The van der Waals surface area contributed by atoms with Crippen LogP contribution in [0, 0.1) is 0 Å². The zero-order valence-electron chi connectivity index (χ0n) is 23.4. The number of nitrogen functional groups attached to an aromatic ring is 1. The topological polar surface area (TPSA) is 135 Å². The Labute approximate surface area is 241 Å². The minimum Gasteiger partial charge on any atom is -0.487 e. The van der Waals surface area contributed by atoms with Gasteiger partial charge in [0.05, 0.1) is 53.6 Å². The number of aryl methyl sites for hydroxylation is 2. The van der Waals surface area contributed by atoms with Gasteiger partial charge < -0.3 is 20.1 Å². The molecule has 0 unspecified atom stereocenters. The molecule has 1 fully saturated rings. The largest absolute Gasteiger partial charge is 0.487 e. The van der Waals surface area contributed by atoms with Crippen molar-refractivity contribution < 1.29 is 9.47 Å². The van der Waals surface area contributed by atoms with Crippen LogP contribution < -0.4 is 15.4 Å². The van der Waals surface area contributed by atoms with E-state index in [1.807, 2.05) is 42.2 Å². The molecule has 0 aromatic carbocycles. The van der Waals surface area contributed by atoms with Crippen molar-refractivity contribution >= 4 is 33.6 Å². The third-order valence-corrected chi connectivity index (χ3v) is 7.43. The van der Waals surface area contributed by atoms with Gasteiger partial charge in [-0.1, -0.05) is 6.92 Å². The van der Waals surface area contributed by atoms with E-state index in [2.05, 4.69) is 37.9 Å². The van der Waals surface area contributed by atoms with Gasteiger partial charge >= 0.3 is 0 Å². The molecular formula is C30H30N10O2. The molecule has 0 aliphatic carbocycles. The van der Waals surface area contributed by atoms with Crippen molar-refractivity contribution in [1.29, 1.82) is 0 Å². The standard InChI is InChI=1S/C30H30N10O2/c1-3-20-11-26(39-6-8-41-9-7-39)28-25(36-20)12-22(15-33-28)42-17-19-10-21(14-32-13-19)40-16-23(24-4-5-38(2)37-24)27-29(31)34-18-35-30(27)40/h4-5,10-16,18H,3,6-9,17H2,1-2H3,(H2,31,34,35). The molecule has 0 radical (unpaired) electrons. The Morgan fingerprint density at radius 2 is 1.93 bits per heavy atom. The van der Waals surface area contributed by atoms with E-state index in [1.54, 1.807) is 23.3 Å². The number of morpholine rings is 1. The quantitative estimate of drug-likeness (QED) is 0.307. The number of rotatable bonds is 7. The van der Waals surface area contributed by atoms with Gasteiger partial charge in [0.15, 0.2) is 5.65 Å². The highest BCUT2D eigenvalue weighted by Gasteiger charge is 2.19. The van der Waals surface area contributed by atoms with Gasteiger partial charge in [0.2, 0.25) is 0 Å². The normalized spacial score (nSPS) is 13.7. The summed E-state index contributed by atoms with van der Waals surface area (Å²) in [4.78, 5) is 25.2. The zero-order valence-corrected chi connectivity index (χ0v) is 23.4. The van der Waals surface area contributed by atoms with E-state index in [0.717, 1.165) is 69.8 Å². The molecule has 1 aliphatic rings. The third kappa shape index (κ3) is 4.75. The summed E-state index contributed by atoms with van der Waals surface area (Å²) in [5.74, 6) is 1.04. The first kappa shape index (κ1) is 25.8. The summed E-state index contributed by atoms with van der Waals surface area (Å²) >= 11 is 0. The number of nitrogens with two attached hydrogens (primary N) is 1. The van der Waals surface area contributed by atoms with E-state index < -0.39 is 0 Å². The fraction of sp³-hybridized carbons (Fsp3) is 0.267. The highest BCUT2D eigenvalue weighted by molar-refractivity contribution is 6.00. The van der Waals surface area contributed by atoms with Crippen molar-refractivity contribution in [3.05, 3.63) is 72.8 Å². The smallest absolute Gasteiger partial charge is 0.150 e. The molecule has 0 spiro atoms. The maximum atomic E-state index is 6.29. The predicted molar refractivity (Wildman–Crippen MR) is 160 cm³/mol. The van der Waals surface area contributed by atoms with Crippen LogP contribution in [-0.4, -0.2) is 65.6 Å². The Morgan fingerprint density at radius 1 is 1.05 bits per heavy atom. The highest BCUT2D eigenvalue weighted by Crippen LogP contribution is 2.33. The lowest BCUT2D eigenvalue weighted by atomic mass is 10.2. The predicted octanol–water partition coefficient (Wildman–Crippen LogP) is 3.72. The van der Waals surface area contributed by atoms with Crippen LogP contribution in [0.25, 0.3) is 39.0 Å². The molecule has 0 atom stereocenters. The van der Waals surface area contributed by atoms with E-state index >= 15 is 0 Å². The molecule has 7 heterocycles. The number of anilines is 2. The van der Waals surface area contributed by atoms with Gasteiger partial charge in [-0.25, -0.2) is 15.0 Å². The molecule has 2 N–H and O–H groups in total. The lowest BCUT2D eigenvalue weighted by molar-refractivity contribution is 0.123. The van der Waals surface area contributed by atoms with E-state index in [1.165, 1.54) is 6.33 Å². The number of ether oxygens (including phenoxy) is 2.